The van der Waals surface area contributed by atoms with Crippen LogP contribution in [0, 0.1) is 3.57 Å². The van der Waals surface area contributed by atoms with Crippen LogP contribution in [0.4, 0.5) is 5.69 Å². The molecular weight excluding hydrogens is 487 g/mol. The highest BCUT2D eigenvalue weighted by molar-refractivity contribution is 14.1. The van der Waals surface area contributed by atoms with Crippen molar-refractivity contribution in [3.63, 3.8) is 0 Å². The summed E-state index contributed by atoms with van der Waals surface area (Å²) in [4.78, 5) is 12.7. The van der Waals surface area contributed by atoms with Gasteiger partial charge in [0, 0.05) is 19.7 Å². The van der Waals surface area contributed by atoms with Crippen molar-refractivity contribution < 1.29 is 4.79 Å². The number of H-pyrrole nitrogens is 1. The van der Waals surface area contributed by atoms with Crippen LogP contribution in [-0.4, -0.2) is 16.1 Å². The number of anilines is 1. The molecule has 1 unspecified atom stereocenters. The number of carbonyl (C=O) groups excluding carboxylic acids is 1. The number of nitrogens with zero attached hydrogens (tertiary/aromatic N) is 1. The van der Waals surface area contributed by atoms with Crippen LogP contribution in [0.15, 0.2) is 60.8 Å². The zero-order valence-electron chi connectivity index (χ0n) is 14.5. The number of carbonyl (C=O) groups is 1. The fourth-order valence-corrected chi connectivity index (χ4v) is 4.80. The third kappa shape index (κ3) is 2.84. The first-order valence-corrected chi connectivity index (χ1v) is 10.2. The lowest BCUT2D eigenvalue weighted by Gasteiger charge is -2.29. The van der Waals surface area contributed by atoms with E-state index in [0.717, 1.165) is 36.9 Å². The number of rotatable bonds is 2. The normalized spacial score (nSPS) is 15.8. The van der Waals surface area contributed by atoms with Crippen LogP contribution in [0.3, 0.4) is 0 Å². The highest BCUT2D eigenvalue weighted by atomic mass is 127. The van der Waals surface area contributed by atoms with E-state index in [0.29, 0.717) is 10.6 Å². The van der Waals surface area contributed by atoms with Gasteiger partial charge < -0.3 is 10.6 Å². The maximum Gasteiger partial charge on any atom is 0.255 e. The van der Waals surface area contributed by atoms with Crippen LogP contribution in [0.1, 0.15) is 22.1 Å². The van der Waals surface area contributed by atoms with Crippen molar-refractivity contribution in [3.8, 4) is 11.3 Å². The number of amides is 1. The van der Waals surface area contributed by atoms with Gasteiger partial charge in [-0.15, -0.1) is 0 Å². The van der Waals surface area contributed by atoms with Crippen LogP contribution < -0.4 is 10.6 Å². The summed E-state index contributed by atoms with van der Waals surface area (Å²) in [6, 6.07) is 17.9. The van der Waals surface area contributed by atoms with E-state index in [9.17, 15) is 4.79 Å². The predicted octanol–water partition coefficient (Wildman–Crippen LogP) is 5.34. The molecule has 1 aliphatic rings. The van der Waals surface area contributed by atoms with Crippen LogP contribution in [-0.2, 0) is 0 Å². The van der Waals surface area contributed by atoms with Gasteiger partial charge in [0.25, 0.3) is 5.91 Å². The van der Waals surface area contributed by atoms with Crippen LogP contribution in [0.25, 0.3) is 22.0 Å². The zero-order valence-corrected chi connectivity index (χ0v) is 17.4. The van der Waals surface area contributed by atoms with E-state index in [1.54, 1.807) is 12.3 Å². The smallest absolute Gasteiger partial charge is 0.255 e. The molecule has 3 N–H and O–H groups in total. The number of aromatic nitrogens is 2. The summed E-state index contributed by atoms with van der Waals surface area (Å²) in [5.41, 5.74) is 4.12. The Labute approximate surface area is 179 Å². The first kappa shape index (κ1) is 17.5. The van der Waals surface area contributed by atoms with Crippen molar-refractivity contribution in [1.82, 2.24) is 15.5 Å². The molecular formula is C21H14ClIN4O. The summed E-state index contributed by atoms with van der Waals surface area (Å²) in [5.74, 6) is -0.163. The van der Waals surface area contributed by atoms with E-state index in [2.05, 4.69) is 67.7 Å². The minimum absolute atomic E-state index is 0.163. The summed E-state index contributed by atoms with van der Waals surface area (Å²) in [6.07, 6.45) is 1.35. The molecule has 1 aliphatic heterocycles. The minimum Gasteiger partial charge on any atom is -0.360 e. The third-order valence-corrected chi connectivity index (χ3v) is 5.97. The van der Waals surface area contributed by atoms with Gasteiger partial charge in [-0.25, -0.2) is 0 Å². The van der Waals surface area contributed by atoms with Gasteiger partial charge in [0.1, 0.15) is 6.17 Å². The lowest BCUT2D eigenvalue weighted by Crippen LogP contribution is -2.39. The van der Waals surface area contributed by atoms with Crippen molar-refractivity contribution in [2.45, 2.75) is 6.17 Å². The fraction of sp³-hybridized carbons (Fsp3) is 0.0476. The summed E-state index contributed by atoms with van der Waals surface area (Å²) in [5, 5.41) is 16.6. The standard InChI is InChI=1S/C21H14ClIN4O/c22-12-8-15-19(17(23)9-12)25-20(26-21(15)28)16-10-24-27-18(16)14-7-3-5-11-4-1-2-6-13(11)14/h1-10,20,25H,(H,24,27)(H,26,28). The van der Waals surface area contributed by atoms with E-state index in [4.69, 9.17) is 11.6 Å². The summed E-state index contributed by atoms with van der Waals surface area (Å²) in [7, 11) is 0. The second-order valence-corrected chi connectivity index (χ2v) is 8.19. The van der Waals surface area contributed by atoms with Crippen molar-refractivity contribution in [2.24, 2.45) is 0 Å². The van der Waals surface area contributed by atoms with E-state index < -0.39 is 6.17 Å². The number of halogens is 2. The van der Waals surface area contributed by atoms with Crippen LogP contribution in [0.2, 0.25) is 5.02 Å². The Morgan fingerprint density at radius 3 is 2.71 bits per heavy atom. The molecule has 0 bridgehead atoms. The molecule has 1 aromatic heterocycles. The molecule has 0 fully saturated rings. The quantitative estimate of drug-likeness (QED) is 0.325. The van der Waals surface area contributed by atoms with Gasteiger partial charge in [0.15, 0.2) is 0 Å². The second kappa shape index (κ2) is 6.79. The van der Waals surface area contributed by atoms with Crippen molar-refractivity contribution in [1.29, 1.82) is 0 Å². The molecule has 2 heterocycles. The summed E-state index contributed by atoms with van der Waals surface area (Å²) in [6.45, 7) is 0. The fourth-order valence-electron chi connectivity index (χ4n) is 3.62. The number of aromatic amines is 1. The average molecular weight is 501 g/mol. The molecule has 5 rings (SSSR count). The molecule has 0 radical (unpaired) electrons. The zero-order chi connectivity index (χ0) is 19.3. The highest BCUT2D eigenvalue weighted by Gasteiger charge is 2.29. The Kier molecular flexibility index (Phi) is 4.25. The summed E-state index contributed by atoms with van der Waals surface area (Å²) < 4.78 is 0.898. The SMILES string of the molecule is O=C1NC(c2cn[nH]c2-c2cccc3ccccc23)Nc2c(I)cc(Cl)cc21. The minimum atomic E-state index is -0.401. The predicted molar refractivity (Wildman–Crippen MR) is 120 cm³/mol. The highest BCUT2D eigenvalue weighted by Crippen LogP contribution is 2.37. The maximum absolute atomic E-state index is 12.7. The number of fused-ring (bicyclic) bond motifs is 2. The maximum atomic E-state index is 12.7. The molecule has 0 saturated carbocycles. The first-order chi connectivity index (χ1) is 13.6. The topological polar surface area (TPSA) is 69.8 Å². The Balaban J connectivity index is 1.61. The lowest BCUT2D eigenvalue weighted by atomic mass is 9.98. The number of hydrogen-bond donors (Lipinski definition) is 3. The van der Waals surface area contributed by atoms with Gasteiger partial charge in [-0.2, -0.15) is 5.10 Å². The van der Waals surface area contributed by atoms with Crippen molar-refractivity contribution in [3.05, 3.63) is 80.5 Å². The van der Waals surface area contributed by atoms with E-state index >= 15 is 0 Å². The first-order valence-electron chi connectivity index (χ1n) is 8.69. The number of hydrogen-bond acceptors (Lipinski definition) is 3. The van der Waals surface area contributed by atoms with Gasteiger partial charge in [-0.3, -0.25) is 9.89 Å². The molecule has 1 amide bonds. The van der Waals surface area contributed by atoms with E-state index in [1.165, 1.54) is 0 Å². The molecule has 0 aliphatic carbocycles. The Morgan fingerprint density at radius 1 is 1.00 bits per heavy atom. The molecule has 1 atom stereocenters. The molecule has 0 saturated heterocycles. The molecule has 4 aromatic rings. The van der Waals surface area contributed by atoms with Gasteiger partial charge in [0.2, 0.25) is 0 Å². The van der Waals surface area contributed by atoms with Gasteiger partial charge in [0.05, 0.1) is 23.1 Å². The van der Waals surface area contributed by atoms with E-state index in [1.807, 2.05) is 24.3 Å². The molecule has 28 heavy (non-hydrogen) atoms. The molecule has 0 spiro atoms. The largest absolute Gasteiger partial charge is 0.360 e. The van der Waals surface area contributed by atoms with Crippen LogP contribution >= 0.6 is 34.2 Å². The third-order valence-electron chi connectivity index (χ3n) is 4.90. The molecule has 5 nitrogen and oxygen atoms in total. The average Bonchev–Trinajstić information content (AvgIpc) is 3.18. The van der Waals surface area contributed by atoms with Crippen molar-refractivity contribution in [2.75, 3.05) is 5.32 Å². The van der Waals surface area contributed by atoms with Gasteiger partial charge in [-0.05, 0) is 45.5 Å². The summed E-state index contributed by atoms with van der Waals surface area (Å²) >= 11 is 8.30. The van der Waals surface area contributed by atoms with Gasteiger partial charge in [-0.1, -0.05) is 54.1 Å². The van der Waals surface area contributed by atoms with Crippen LogP contribution in [0.5, 0.6) is 0 Å². The Bertz CT molecular complexity index is 1230. The molecule has 3 aromatic carbocycles. The van der Waals surface area contributed by atoms with Gasteiger partial charge >= 0.3 is 0 Å². The lowest BCUT2D eigenvalue weighted by molar-refractivity contribution is 0.0935. The monoisotopic (exact) mass is 500 g/mol. The Morgan fingerprint density at radius 2 is 1.82 bits per heavy atom. The second-order valence-electron chi connectivity index (χ2n) is 6.59. The molecule has 7 heteroatoms. The number of benzene rings is 3. The Hall–Kier alpha value is -2.58. The van der Waals surface area contributed by atoms with E-state index in [-0.39, 0.29) is 5.91 Å². The number of nitrogens with one attached hydrogen (secondary N) is 3. The molecule has 138 valence electrons. The van der Waals surface area contributed by atoms with Crippen molar-refractivity contribution >= 4 is 56.6 Å².